The molecule has 9 nitrogen and oxygen atoms in total. The van der Waals surface area contributed by atoms with Crippen LogP contribution in [-0.2, 0) is 4.74 Å². The Hall–Kier alpha value is -4.79. The van der Waals surface area contributed by atoms with E-state index < -0.39 is 5.97 Å². The van der Waals surface area contributed by atoms with Gasteiger partial charge in [0.2, 0.25) is 0 Å². The largest absolute Gasteiger partial charge is 0.497 e. The lowest BCUT2D eigenvalue weighted by atomic mass is 10.1. The first-order valence-electron chi connectivity index (χ1n) is 11.9. The number of aromatic nitrogens is 5. The first-order valence-corrected chi connectivity index (χ1v) is 11.9. The molecule has 1 N–H and O–H groups in total. The van der Waals surface area contributed by atoms with Gasteiger partial charge < -0.3 is 14.8 Å². The summed E-state index contributed by atoms with van der Waals surface area (Å²) in [5, 5.41) is 17.4. The topological polar surface area (TPSA) is 104 Å². The average Bonchev–Trinajstić information content (AvgIpc) is 3.33. The summed E-state index contributed by atoms with van der Waals surface area (Å²) in [7, 11) is 1.63. The first-order chi connectivity index (χ1) is 18.0. The van der Waals surface area contributed by atoms with Crippen LogP contribution < -0.4 is 10.1 Å². The number of benzene rings is 2. The number of esters is 1. The summed E-state index contributed by atoms with van der Waals surface area (Å²) in [6.07, 6.45) is 1.47. The number of hydrogen-bond acceptors (Lipinski definition) is 8. The van der Waals surface area contributed by atoms with Crippen molar-refractivity contribution in [3.05, 3.63) is 83.6 Å². The van der Waals surface area contributed by atoms with Crippen molar-refractivity contribution in [3.63, 3.8) is 0 Å². The van der Waals surface area contributed by atoms with Crippen molar-refractivity contribution < 1.29 is 14.3 Å². The van der Waals surface area contributed by atoms with Crippen molar-refractivity contribution in [2.75, 3.05) is 19.0 Å². The highest BCUT2D eigenvalue weighted by Gasteiger charge is 2.22. The Balaban J connectivity index is 1.54. The molecule has 0 fully saturated rings. The molecule has 3 aromatic heterocycles. The third kappa shape index (κ3) is 4.71. The Morgan fingerprint density at radius 1 is 1.00 bits per heavy atom. The summed E-state index contributed by atoms with van der Waals surface area (Å²) >= 11 is 0. The van der Waals surface area contributed by atoms with Crippen LogP contribution in [0.4, 0.5) is 11.6 Å². The van der Waals surface area contributed by atoms with Gasteiger partial charge in [0, 0.05) is 10.9 Å². The van der Waals surface area contributed by atoms with Crippen LogP contribution >= 0.6 is 0 Å². The van der Waals surface area contributed by atoms with Gasteiger partial charge in [0.15, 0.2) is 17.5 Å². The summed E-state index contributed by atoms with van der Waals surface area (Å²) in [5.41, 5.74) is 4.85. The van der Waals surface area contributed by atoms with Gasteiger partial charge in [0.05, 0.1) is 31.1 Å². The molecule has 0 aliphatic rings. The standard InChI is InChI=1S/C28H26N6O3/c1-5-37-28(35)22-16-29-34(25-15-18(3)21-8-6-7-17(2)26(21)31-25)27(22)30-24-14-13-23(32-33-24)19-9-11-20(36-4)12-10-19/h6-16H,5H2,1-4H3,(H,30,33). The Morgan fingerprint density at radius 2 is 1.81 bits per heavy atom. The van der Waals surface area contributed by atoms with E-state index in [-0.39, 0.29) is 12.2 Å². The molecular formula is C28H26N6O3. The number of rotatable bonds is 7. The minimum absolute atomic E-state index is 0.242. The molecule has 0 radical (unpaired) electrons. The normalized spacial score (nSPS) is 10.9. The zero-order valence-electron chi connectivity index (χ0n) is 21.0. The highest BCUT2D eigenvalue weighted by molar-refractivity contribution is 5.95. The molecule has 0 atom stereocenters. The number of para-hydroxylation sites is 1. The molecule has 9 heteroatoms. The Labute approximate surface area is 214 Å². The van der Waals surface area contributed by atoms with Gasteiger partial charge in [-0.05, 0) is 74.4 Å². The van der Waals surface area contributed by atoms with E-state index in [9.17, 15) is 4.79 Å². The number of hydrogen-bond donors (Lipinski definition) is 1. The number of fused-ring (bicyclic) bond motifs is 1. The fourth-order valence-corrected chi connectivity index (χ4v) is 4.09. The lowest BCUT2D eigenvalue weighted by Crippen LogP contribution is -2.11. The molecule has 37 heavy (non-hydrogen) atoms. The van der Waals surface area contributed by atoms with Gasteiger partial charge in [-0.1, -0.05) is 18.2 Å². The van der Waals surface area contributed by atoms with Gasteiger partial charge in [0.1, 0.15) is 11.3 Å². The highest BCUT2D eigenvalue weighted by Crippen LogP contribution is 2.28. The summed E-state index contributed by atoms with van der Waals surface area (Å²) in [5.74, 6) is 1.68. The monoisotopic (exact) mass is 494 g/mol. The number of ether oxygens (including phenoxy) is 2. The summed E-state index contributed by atoms with van der Waals surface area (Å²) in [6.45, 7) is 6.05. The molecule has 5 rings (SSSR count). The van der Waals surface area contributed by atoms with Crippen LogP contribution in [-0.4, -0.2) is 44.6 Å². The smallest absolute Gasteiger partial charge is 0.343 e. The Kier molecular flexibility index (Phi) is 6.51. The second-order valence-corrected chi connectivity index (χ2v) is 8.46. The van der Waals surface area contributed by atoms with E-state index in [4.69, 9.17) is 14.5 Å². The SMILES string of the molecule is CCOC(=O)c1cnn(-c2cc(C)c3cccc(C)c3n2)c1Nc1ccc(-c2ccc(OC)cc2)nn1. The molecule has 5 aromatic rings. The lowest BCUT2D eigenvalue weighted by molar-refractivity contribution is 0.0527. The molecule has 0 unspecified atom stereocenters. The lowest BCUT2D eigenvalue weighted by Gasteiger charge is -2.13. The van der Waals surface area contributed by atoms with Crippen LogP contribution in [0.2, 0.25) is 0 Å². The quantitative estimate of drug-likeness (QED) is 0.299. The van der Waals surface area contributed by atoms with Gasteiger partial charge in [-0.3, -0.25) is 0 Å². The number of methoxy groups -OCH3 is 1. The second kappa shape index (κ2) is 10.1. The number of carbonyl (C=O) groups excluding carboxylic acids is 1. The minimum Gasteiger partial charge on any atom is -0.497 e. The number of pyridine rings is 1. The molecule has 0 spiro atoms. The van der Waals surface area contributed by atoms with E-state index >= 15 is 0 Å². The van der Waals surface area contributed by atoms with E-state index in [2.05, 4.69) is 20.6 Å². The molecule has 2 aromatic carbocycles. The Bertz CT molecular complexity index is 1580. The van der Waals surface area contributed by atoms with Crippen molar-refractivity contribution in [1.29, 1.82) is 0 Å². The van der Waals surface area contributed by atoms with Crippen LogP contribution in [0.15, 0.2) is 66.9 Å². The average molecular weight is 495 g/mol. The van der Waals surface area contributed by atoms with Crippen LogP contribution in [0.3, 0.4) is 0 Å². The summed E-state index contributed by atoms with van der Waals surface area (Å²) < 4.78 is 12.1. The number of nitrogens with zero attached hydrogens (tertiary/aromatic N) is 5. The van der Waals surface area contributed by atoms with E-state index in [0.29, 0.717) is 23.1 Å². The number of aryl methyl sites for hydroxylation is 2. The number of anilines is 2. The van der Waals surface area contributed by atoms with Gasteiger partial charge in [0.25, 0.3) is 0 Å². The molecule has 0 amide bonds. The molecule has 0 saturated carbocycles. The molecule has 186 valence electrons. The molecule has 0 bridgehead atoms. The van der Waals surface area contributed by atoms with Crippen LogP contribution in [0.25, 0.3) is 28.0 Å². The van der Waals surface area contributed by atoms with E-state index in [1.54, 1.807) is 24.8 Å². The van der Waals surface area contributed by atoms with Crippen molar-refractivity contribution >= 4 is 28.5 Å². The maximum absolute atomic E-state index is 12.7. The van der Waals surface area contributed by atoms with Gasteiger partial charge in [-0.2, -0.15) is 9.78 Å². The van der Waals surface area contributed by atoms with E-state index in [1.165, 1.54) is 6.20 Å². The molecule has 0 aliphatic carbocycles. The zero-order valence-corrected chi connectivity index (χ0v) is 21.0. The zero-order chi connectivity index (χ0) is 25.9. The van der Waals surface area contributed by atoms with Gasteiger partial charge in [-0.15, -0.1) is 10.2 Å². The van der Waals surface area contributed by atoms with Crippen molar-refractivity contribution in [2.45, 2.75) is 20.8 Å². The van der Waals surface area contributed by atoms with Crippen molar-refractivity contribution in [3.8, 4) is 22.8 Å². The maximum Gasteiger partial charge on any atom is 0.343 e. The fourth-order valence-electron chi connectivity index (χ4n) is 4.09. The minimum atomic E-state index is -0.493. The molecule has 3 heterocycles. The van der Waals surface area contributed by atoms with E-state index in [1.807, 2.05) is 68.4 Å². The third-order valence-corrected chi connectivity index (χ3v) is 6.01. The molecule has 0 aliphatic heterocycles. The van der Waals surface area contributed by atoms with Gasteiger partial charge in [-0.25, -0.2) is 9.78 Å². The van der Waals surface area contributed by atoms with Crippen LogP contribution in [0.1, 0.15) is 28.4 Å². The van der Waals surface area contributed by atoms with E-state index in [0.717, 1.165) is 33.3 Å². The summed E-state index contributed by atoms with van der Waals surface area (Å²) in [6, 6.07) is 19.2. The Morgan fingerprint density at radius 3 is 2.51 bits per heavy atom. The highest BCUT2D eigenvalue weighted by atomic mass is 16.5. The predicted molar refractivity (Wildman–Crippen MR) is 142 cm³/mol. The molecule has 0 saturated heterocycles. The predicted octanol–water partition coefficient (Wildman–Crippen LogP) is 5.42. The fraction of sp³-hybridized carbons (Fsp3) is 0.179. The molecular weight excluding hydrogens is 468 g/mol. The number of carbonyl (C=O) groups is 1. The summed E-state index contributed by atoms with van der Waals surface area (Å²) in [4.78, 5) is 17.6. The third-order valence-electron chi connectivity index (χ3n) is 6.01. The maximum atomic E-state index is 12.7. The van der Waals surface area contributed by atoms with Crippen molar-refractivity contribution in [1.82, 2.24) is 25.0 Å². The number of nitrogens with one attached hydrogen (secondary N) is 1. The van der Waals surface area contributed by atoms with Crippen LogP contribution in [0, 0.1) is 13.8 Å². The van der Waals surface area contributed by atoms with Crippen LogP contribution in [0.5, 0.6) is 5.75 Å². The second-order valence-electron chi connectivity index (χ2n) is 8.46. The first kappa shape index (κ1) is 23.9. The van der Waals surface area contributed by atoms with Crippen molar-refractivity contribution in [2.24, 2.45) is 0 Å². The van der Waals surface area contributed by atoms with Gasteiger partial charge >= 0.3 is 5.97 Å².